The molecule has 0 spiro atoms. The Morgan fingerprint density at radius 1 is 1.53 bits per heavy atom. The van der Waals surface area contributed by atoms with Crippen LogP contribution < -0.4 is 15.8 Å². The molecule has 1 aromatic rings. The van der Waals surface area contributed by atoms with E-state index in [2.05, 4.69) is 5.32 Å². The number of benzene rings is 1. The van der Waals surface area contributed by atoms with Crippen molar-refractivity contribution in [1.82, 2.24) is 5.32 Å². The Hall–Kier alpha value is -1.57. The lowest BCUT2D eigenvalue weighted by Crippen LogP contribution is -2.43. The van der Waals surface area contributed by atoms with Crippen LogP contribution in [-0.2, 0) is 4.79 Å². The van der Waals surface area contributed by atoms with Gasteiger partial charge in [0.1, 0.15) is 12.6 Å². The van der Waals surface area contributed by atoms with Crippen LogP contribution in [0, 0.1) is 10.1 Å². The monoisotopic (exact) mass is 307 g/mol. The van der Waals surface area contributed by atoms with Gasteiger partial charge in [-0.3, -0.25) is 14.9 Å². The molecule has 1 unspecified atom stereocenters. The van der Waals surface area contributed by atoms with E-state index in [1.54, 1.807) is 0 Å². The number of primary amides is 1. The molecule has 0 aliphatic heterocycles. The van der Waals surface area contributed by atoms with Gasteiger partial charge in [-0.05, 0) is 7.05 Å². The van der Waals surface area contributed by atoms with Crippen molar-refractivity contribution in [3.8, 4) is 5.75 Å². The number of nitrogens with two attached hydrogens (primary N) is 1. The fourth-order valence-corrected chi connectivity index (χ4v) is 1.85. The van der Waals surface area contributed by atoms with Crippen molar-refractivity contribution < 1.29 is 14.5 Å². The molecular formula is C10H11Cl2N3O4. The Morgan fingerprint density at radius 2 is 2.05 bits per heavy atom. The van der Waals surface area contributed by atoms with Crippen LogP contribution in [-0.4, -0.2) is 30.5 Å². The van der Waals surface area contributed by atoms with Gasteiger partial charge >= 0.3 is 0 Å². The van der Waals surface area contributed by atoms with Crippen molar-refractivity contribution in [2.45, 2.75) is 6.04 Å². The number of amides is 1. The second-order valence-electron chi connectivity index (χ2n) is 3.55. The van der Waals surface area contributed by atoms with Crippen molar-refractivity contribution >= 4 is 34.8 Å². The Labute approximate surface area is 118 Å². The van der Waals surface area contributed by atoms with Crippen LogP contribution in [0.15, 0.2) is 12.1 Å². The van der Waals surface area contributed by atoms with E-state index in [-0.39, 0.29) is 28.1 Å². The third kappa shape index (κ3) is 3.95. The maximum atomic E-state index is 11.0. The van der Waals surface area contributed by atoms with E-state index < -0.39 is 16.9 Å². The SMILES string of the molecule is CNC(COc1c(Cl)cc([N+](=O)[O-])cc1Cl)C(N)=O. The number of ether oxygens (including phenoxy) is 1. The normalized spacial score (nSPS) is 11.9. The molecule has 9 heteroatoms. The minimum atomic E-state index is -0.720. The standard InChI is InChI=1S/C10H11Cl2N3O4/c1-14-8(10(13)16)4-19-9-6(11)2-5(15(17)18)3-7(9)12/h2-3,8,14H,4H2,1H3,(H2,13,16). The first kappa shape index (κ1) is 15.5. The second kappa shape index (κ2) is 6.55. The van der Waals surface area contributed by atoms with Crippen molar-refractivity contribution in [1.29, 1.82) is 0 Å². The Balaban J connectivity index is 2.90. The van der Waals surface area contributed by atoms with Crippen molar-refractivity contribution in [3.63, 3.8) is 0 Å². The van der Waals surface area contributed by atoms with Gasteiger partial charge in [0.2, 0.25) is 5.91 Å². The van der Waals surface area contributed by atoms with Crippen molar-refractivity contribution in [2.24, 2.45) is 5.73 Å². The van der Waals surface area contributed by atoms with Crippen molar-refractivity contribution in [2.75, 3.05) is 13.7 Å². The number of hydrogen-bond acceptors (Lipinski definition) is 5. The van der Waals surface area contributed by atoms with Crippen LogP contribution in [0.1, 0.15) is 0 Å². The molecule has 104 valence electrons. The second-order valence-corrected chi connectivity index (χ2v) is 4.36. The number of nitrogens with one attached hydrogen (secondary N) is 1. The summed E-state index contributed by atoms with van der Waals surface area (Å²) in [5.74, 6) is -0.535. The minimum absolute atomic E-state index is 0.0153. The summed E-state index contributed by atoms with van der Waals surface area (Å²) in [7, 11) is 1.54. The molecule has 1 amide bonds. The average molecular weight is 308 g/mol. The van der Waals surface area contributed by atoms with Gasteiger partial charge in [-0.15, -0.1) is 0 Å². The number of carbonyl (C=O) groups is 1. The first-order valence-corrected chi connectivity index (χ1v) is 5.85. The van der Waals surface area contributed by atoms with Gasteiger partial charge in [-0.2, -0.15) is 0 Å². The lowest BCUT2D eigenvalue weighted by atomic mass is 10.3. The lowest BCUT2D eigenvalue weighted by molar-refractivity contribution is -0.384. The molecule has 0 fully saturated rings. The molecule has 1 rings (SSSR count). The third-order valence-electron chi connectivity index (χ3n) is 2.28. The number of carbonyl (C=O) groups excluding carboxylic acids is 1. The molecule has 1 atom stereocenters. The first-order valence-electron chi connectivity index (χ1n) is 5.09. The highest BCUT2D eigenvalue weighted by molar-refractivity contribution is 6.37. The van der Waals surface area contributed by atoms with Gasteiger partial charge in [0.05, 0.1) is 15.0 Å². The molecule has 0 saturated heterocycles. The highest BCUT2D eigenvalue weighted by atomic mass is 35.5. The fourth-order valence-electron chi connectivity index (χ4n) is 1.26. The minimum Gasteiger partial charge on any atom is -0.488 e. The van der Waals surface area contributed by atoms with E-state index in [0.29, 0.717) is 0 Å². The highest BCUT2D eigenvalue weighted by Crippen LogP contribution is 2.36. The van der Waals surface area contributed by atoms with Gasteiger partial charge in [0.25, 0.3) is 5.69 Å². The number of nitro benzene ring substituents is 1. The van der Waals surface area contributed by atoms with E-state index in [1.807, 2.05) is 0 Å². The zero-order chi connectivity index (χ0) is 14.6. The number of non-ortho nitro benzene ring substituents is 1. The summed E-state index contributed by atoms with van der Waals surface area (Å²) in [6.45, 7) is -0.0942. The number of hydrogen-bond donors (Lipinski definition) is 2. The molecule has 0 aliphatic rings. The van der Waals surface area contributed by atoms with E-state index in [0.717, 1.165) is 12.1 Å². The third-order valence-corrected chi connectivity index (χ3v) is 2.84. The topological polar surface area (TPSA) is 107 Å². The number of nitrogens with zero attached hydrogens (tertiary/aromatic N) is 1. The molecule has 3 N–H and O–H groups in total. The largest absolute Gasteiger partial charge is 0.488 e. The van der Waals surface area contributed by atoms with Crippen LogP contribution >= 0.6 is 23.2 Å². The summed E-state index contributed by atoms with van der Waals surface area (Å²) in [6, 6.07) is 1.50. The number of halogens is 2. The van der Waals surface area contributed by atoms with Crippen LogP contribution in [0.4, 0.5) is 5.69 Å². The maximum absolute atomic E-state index is 11.0. The fraction of sp³-hybridized carbons (Fsp3) is 0.300. The summed E-state index contributed by atoms with van der Waals surface area (Å²) in [6.07, 6.45) is 0. The van der Waals surface area contributed by atoms with Crippen LogP contribution in [0.3, 0.4) is 0 Å². The molecule has 0 radical (unpaired) electrons. The summed E-state index contributed by atoms with van der Waals surface area (Å²) >= 11 is 11.7. The number of rotatable bonds is 6. The first-order chi connectivity index (χ1) is 8.86. The van der Waals surface area contributed by atoms with Gasteiger partial charge in [-0.25, -0.2) is 0 Å². The van der Waals surface area contributed by atoms with Crippen molar-refractivity contribution in [3.05, 3.63) is 32.3 Å². The quantitative estimate of drug-likeness (QED) is 0.609. The summed E-state index contributed by atoms with van der Waals surface area (Å²) < 4.78 is 5.27. The lowest BCUT2D eigenvalue weighted by Gasteiger charge is -2.15. The van der Waals surface area contributed by atoms with Crippen LogP contribution in [0.2, 0.25) is 10.0 Å². The summed E-state index contributed by atoms with van der Waals surface area (Å²) in [5, 5.41) is 13.2. The summed E-state index contributed by atoms with van der Waals surface area (Å²) in [4.78, 5) is 21.0. The van der Waals surface area contributed by atoms with E-state index in [1.165, 1.54) is 7.05 Å². The maximum Gasteiger partial charge on any atom is 0.272 e. The molecule has 0 bridgehead atoms. The highest BCUT2D eigenvalue weighted by Gasteiger charge is 2.19. The average Bonchev–Trinajstić information content (AvgIpc) is 2.31. The zero-order valence-electron chi connectivity index (χ0n) is 9.85. The van der Waals surface area contributed by atoms with Crippen LogP contribution in [0.5, 0.6) is 5.75 Å². The Kier molecular flexibility index (Phi) is 5.34. The van der Waals surface area contributed by atoms with Gasteiger partial charge in [0.15, 0.2) is 5.75 Å². The van der Waals surface area contributed by atoms with Gasteiger partial charge < -0.3 is 15.8 Å². The van der Waals surface area contributed by atoms with Gasteiger partial charge in [-0.1, -0.05) is 23.2 Å². The molecule has 7 nitrogen and oxygen atoms in total. The Morgan fingerprint density at radius 3 is 2.42 bits per heavy atom. The smallest absolute Gasteiger partial charge is 0.272 e. The molecular weight excluding hydrogens is 297 g/mol. The molecule has 0 aromatic heterocycles. The van der Waals surface area contributed by atoms with E-state index in [9.17, 15) is 14.9 Å². The summed E-state index contributed by atoms with van der Waals surface area (Å²) in [5.41, 5.74) is 4.87. The predicted molar refractivity (Wildman–Crippen MR) is 70.7 cm³/mol. The van der Waals surface area contributed by atoms with Gasteiger partial charge in [0, 0.05) is 12.1 Å². The Bertz CT molecular complexity index is 487. The number of nitro groups is 1. The molecule has 1 aromatic carbocycles. The van der Waals surface area contributed by atoms with Crippen LogP contribution in [0.25, 0.3) is 0 Å². The van der Waals surface area contributed by atoms with E-state index in [4.69, 9.17) is 33.7 Å². The number of likely N-dealkylation sites (N-methyl/N-ethyl adjacent to an activating group) is 1. The predicted octanol–water partition coefficient (Wildman–Crippen LogP) is 1.35. The molecule has 0 heterocycles. The zero-order valence-corrected chi connectivity index (χ0v) is 11.4. The van der Waals surface area contributed by atoms with E-state index >= 15 is 0 Å². The molecule has 0 aliphatic carbocycles. The molecule has 19 heavy (non-hydrogen) atoms. The molecule has 0 saturated carbocycles.